The molecule has 30 heavy (non-hydrogen) atoms. The van der Waals surface area contributed by atoms with E-state index in [2.05, 4.69) is 21.5 Å². The van der Waals surface area contributed by atoms with Gasteiger partial charge in [-0.05, 0) is 25.5 Å². The number of nitrogens with zero attached hydrogens (tertiary/aromatic N) is 5. The van der Waals surface area contributed by atoms with Gasteiger partial charge in [0.2, 0.25) is 0 Å². The molecule has 2 bridgehead atoms. The van der Waals surface area contributed by atoms with Crippen molar-refractivity contribution >= 4 is 11.6 Å². The van der Waals surface area contributed by atoms with Crippen LogP contribution in [0.2, 0.25) is 0 Å². The van der Waals surface area contributed by atoms with Crippen molar-refractivity contribution in [3.05, 3.63) is 48.0 Å². The van der Waals surface area contributed by atoms with Crippen molar-refractivity contribution in [1.82, 2.24) is 24.8 Å². The van der Waals surface area contributed by atoms with E-state index in [-0.39, 0.29) is 6.04 Å². The van der Waals surface area contributed by atoms with Crippen LogP contribution in [-0.2, 0) is 5.54 Å². The van der Waals surface area contributed by atoms with Gasteiger partial charge in [0.15, 0.2) is 0 Å². The largest absolute Gasteiger partial charge is 0.492 e. The van der Waals surface area contributed by atoms with Crippen LogP contribution in [0.1, 0.15) is 24.6 Å². The number of fused-ring (bicyclic) bond motifs is 3. The molecule has 3 aliphatic heterocycles. The first-order valence-corrected chi connectivity index (χ1v) is 9.81. The summed E-state index contributed by atoms with van der Waals surface area (Å²) in [6.07, 6.45) is 4.86. The van der Waals surface area contributed by atoms with Gasteiger partial charge in [0, 0.05) is 30.4 Å². The van der Waals surface area contributed by atoms with Crippen LogP contribution in [0.25, 0.3) is 16.6 Å². The van der Waals surface area contributed by atoms with Crippen LogP contribution >= 0.6 is 0 Å². The molecule has 2 atom stereocenters. The van der Waals surface area contributed by atoms with E-state index in [4.69, 9.17) is 4.74 Å². The summed E-state index contributed by atoms with van der Waals surface area (Å²) in [4.78, 5) is 17.9. The highest BCUT2D eigenvalue weighted by Crippen LogP contribution is 2.46. The third-order valence-corrected chi connectivity index (χ3v) is 5.97. The van der Waals surface area contributed by atoms with Crippen molar-refractivity contribution in [3.8, 4) is 22.9 Å². The Kier molecular flexibility index (Phi) is 4.11. The fourth-order valence-corrected chi connectivity index (χ4v) is 4.71. The molecule has 3 fully saturated rings. The van der Waals surface area contributed by atoms with Gasteiger partial charge in [0.25, 0.3) is 0 Å². The number of aromatic nitrogens is 3. The van der Waals surface area contributed by atoms with Gasteiger partial charge in [-0.15, -0.1) is 0 Å². The van der Waals surface area contributed by atoms with Crippen LogP contribution < -0.4 is 10.1 Å². The van der Waals surface area contributed by atoms with Crippen molar-refractivity contribution in [2.75, 3.05) is 19.7 Å². The number of piperazine rings is 1. The summed E-state index contributed by atoms with van der Waals surface area (Å²) in [5, 5.41) is 26.7. The molecule has 2 N–H and O–H groups in total. The van der Waals surface area contributed by atoms with Crippen LogP contribution in [0, 0.1) is 11.3 Å². The zero-order valence-corrected chi connectivity index (χ0v) is 16.4. The smallest absolute Gasteiger partial charge is 0.408 e. The predicted molar refractivity (Wildman–Crippen MR) is 107 cm³/mol. The lowest BCUT2D eigenvalue weighted by molar-refractivity contribution is -0.0828. The van der Waals surface area contributed by atoms with Crippen LogP contribution in [0.15, 0.2) is 36.8 Å². The van der Waals surface area contributed by atoms with Crippen LogP contribution in [0.3, 0.4) is 0 Å². The highest BCUT2D eigenvalue weighted by atomic mass is 16.5. The summed E-state index contributed by atoms with van der Waals surface area (Å²) in [5.41, 5.74) is 2.85. The number of rotatable bonds is 4. The lowest BCUT2D eigenvalue weighted by atomic mass is 9.73. The molecule has 6 heterocycles. The highest BCUT2D eigenvalue weighted by Gasteiger charge is 2.58. The summed E-state index contributed by atoms with van der Waals surface area (Å²) in [7, 11) is 0. The van der Waals surface area contributed by atoms with Crippen molar-refractivity contribution in [2.45, 2.75) is 24.9 Å². The van der Waals surface area contributed by atoms with Gasteiger partial charge >= 0.3 is 6.09 Å². The maximum atomic E-state index is 11.8. The Labute approximate surface area is 172 Å². The lowest BCUT2D eigenvalue weighted by Gasteiger charge is -2.60. The topological polar surface area (TPSA) is 116 Å². The predicted octanol–water partition coefficient (Wildman–Crippen LogP) is 2.22. The SMILES string of the molecule is CCOc1cc(-c2ccc(C34CNCC(C3)N4C(=O)O)nc2)c2c(C#N)cnn2c1. The fourth-order valence-electron chi connectivity index (χ4n) is 4.71. The molecule has 2 unspecified atom stereocenters. The zero-order valence-electron chi connectivity index (χ0n) is 16.4. The highest BCUT2D eigenvalue weighted by molar-refractivity contribution is 5.85. The minimum absolute atomic E-state index is 0.00907. The molecular weight excluding hydrogens is 384 g/mol. The van der Waals surface area contributed by atoms with E-state index >= 15 is 0 Å². The first-order valence-electron chi connectivity index (χ1n) is 9.81. The molecule has 9 nitrogen and oxygen atoms in total. The summed E-state index contributed by atoms with van der Waals surface area (Å²) in [6.45, 7) is 3.64. The third kappa shape index (κ3) is 2.54. The average Bonchev–Trinajstić information content (AvgIpc) is 3.16. The van der Waals surface area contributed by atoms with Crippen LogP contribution in [0.4, 0.5) is 4.79 Å². The number of piperidine rings is 1. The molecule has 1 amide bonds. The molecule has 0 spiro atoms. The number of ether oxygens (including phenoxy) is 1. The van der Waals surface area contributed by atoms with Crippen LogP contribution in [-0.4, -0.2) is 56.4 Å². The summed E-state index contributed by atoms with van der Waals surface area (Å²) < 4.78 is 7.29. The maximum Gasteiger partial charge on any atom is 0.408 e. The van der Waals surface area contributed by atoms with Gasteiger partial charge in [-0.2, -0.15) is 10.4 Å². The number of nitriles is 1. The van der Waals surface area contributed by atoms with Crippen LogP contribution in [0.5, 0.6) is 5.75 Å². The molecule has 0 saturated carbocycles. The molecule has 6 rings (SSSR count). The zero-order chi connectivity index (χ0) is 20.9. The Morgan fingerprint density at radius 1 is 1.47 bits per heavy atom. The molecule has 3 aromatic rings. The molecule has 0 aliphatic carbocycles. The summed E-state index contributed by atoms with van der Waals surface area (Å²) in [6, 6.07) is 7.84. The molecule has 0 radical (unpaired) electrons. The maximum absolute atomic E-state index is 11.8. The number of pyridine rings is 2. The minimum atomic E-state index is -0.914. The first-order chi connectivity index (χ1) is 14.6. The molecule has 3 aliphatic rings. The van der Waals surface area contributed by atoms with Gasteiger partial charge in [0.1, 0.15) is 17.4 Å². The fraction of sp³-hybridized carbons (Fsp3) is 0.333. The van der Waals surface area contributed by atoms with Gasteiger partial charge < -0.3 is 15.2 Å². The number of hydrogen-bond acceptors (Lipinski definition) is 6. The monoisotopic (exact) mass is 404 g/mol. The van der Waals surface area contributed by atoms with E-state index in [0.29, 0.717) is 36.5 Å². The normalized spacial score (nSPS) is 22.4. The van der Waals surface area contributed by atoms with Gasteiger partial charge in [-0.25, -0.2) is 9.31 Å². The summed E-state index contributed by atoms with van der Waals surface area (Å²) >= 11 is 0. The van der Waals surface area contributed by atoms with E-state index < -0.39 is 11.6 Å². The van der Waals surface area contributed by atoms with E-state index in [9.17, 15) is 15.2 Å². The number of amides is 1. The minimum Gasteiger partial charge on any atom is -0.492 e. The first kappa shape index (κ1) is 18.4. The van der Waals surface area contributed by atoms with Gasteiger partial charge in [-0.3, -0.25) is 9.88 Å². The Morgan fingerprint density at radius 3 is 3.00 bits per heavy atom. The Hall–Kier alpha value is -3.64. The Morgan fingerprint density at radius 2 is 2.33 bits per heavy atom. The lowest BCUT2D eigenvalue weighted by Crippen LogP contribution is -2.75. The molecule has 9 heteroatoms. The van der Waals surface area contributed by atoms with Gasteiger partial charge in [0.05, 0.1) is 41.8 Å². The summed E-state index contributed by atoms with van der Waals surface area (Å²) in [5.74, 6) is 0.644. The van der Waals surface area contributed by atoms with Crippen molar-refractivity contribution in [2.24, 2.45) is 0 Å². The second-order valence-electron chi connectivity index (χ2n) is 7.59. The van der Waals surface area contributed by atoms with Crippen molar-refractivity contribution in [1.29, 1.82) is 5.26 Å². The average molecular weight is 404 g/mol. The van der Waals surface area contributed by atoms with E-state index in [0.717, 1.165) is 23.2 Å². The number of hydrogen-bond donors (Lipinski definition) is 2. The van der Waals surface area contributed by atoms with Crippen molar-refractivity contribution < 1.29 is 14.6 Å². The van der Waals surface area contributed by atoms with Crippen molar-refractivity contribution in [3.63, 3.8) is 0 Å². The van der Waals surface area contributed by atoms with Gasteiger partial charge in [-0.1, -0.05) is 6.07 Å². The second kappa shape index (κ2) is 6.71. The number of carbonyl (C=O) groups is 1. The van der Waals surface area contributed by atoms with E-state index in [1.165, 1.54) is 11.1 Å². The molecule has 3 saturated heterocycles. The number of nitrogens with one attached hydrogen (secondary N) is 1. The second-order valence-corrected chi connectivity index (χ2v) is 7.59. The molecule has 152 valence electrons. The molecule has 3 aromatic heterocycles. The Balaban J connectivity index is 1.58. The Bertz CT molecular complexity index is 1180. The van der Waals surface area contributed by atoms with E-state index in [1.807, 2.05) is 25.1 Å². The quantitative estimate of drug-likeness (QED) is 0.685. The molecular formula is C21H20N6O3. The number of carboxylic acid groups (broad SMARTS) is 1. The standard InChI is InChI=1S/C21H20N6O3/c1-2-30-16-5-17(19-14(7-22)9-25-26(19)11-16)13-3-4-18(24-8-13)21-6-15(10-23-12-21)27(21)20(28)29/h3-5,8-9,11,15,23H,2,6,10,12H2,1H3,(H,28,29). The third-order valence-electron chi connectivity index (χ3n) is 5.97. The molecule has 0 aromatic carbocycles. The van der Waals surface area contributed by atoms with E-state index in [1.54, 1.807) is 16.9 Å².